The highest BCUT2D eigenvalue weighted by atomic mass is 19.1. The van der Waals surface area contributed by atoms with E-state index in [4.69, 9.17) is 9.47 Å². The third-order valence-corrected chi connectivity index (χ3v) is 6.36. The molecular formula is C26H31FN2O4. The minimum absolute atomic E-state index is 0.0605. The van der Waals surface area contributed by atoms with Crippen molar-refractivity contribution in [1.29, 1.82) is 0 Å². The molecule has 2 heterocycles. The lowest BCUT2D eigenvalue weighted by Crippen LogP contribution is -2.44. The largest absolute Gasteiger partial charge is 0.486 e. The molecule has 0 aliphatic carbocycles. The maximum atomic E-state index is 13.3. The molecular weight excluding hydrogens is 423 g/mol. The fourth-order valence-corrected chi connectivity index (χ4v) is 4.51. The van der Waals surface area contributed by atoms with E-state index in [0.29, 0.717) is 56.2 Å². The summed E-state index contributed by atoms with van der Waals surface area (Å²) in [4.78, 5) is 27.8. The third kappa shape index (κ3) is 5.71. The number of ketones is 1. The van der Waals surface area contributed by atoms with Gasteiger partial charge in [-0.25, -0.2) is 4.39 Å². The molecule has 0 spiro atoms. The maximum absolute atomic E-state index is 13.3. The van der Waals surface area contributed by atoms with Gasteiger partial charge >= 0.3 is 0 Å². The Labute approximate surface area is 194 Å². The number of nitrogens with zero attached hydrogens (tertiary/aromatic N) is 1. The van der Waals surface area contributed by atoms with Crippen LogP contribution in [-0.4, -0.2) is 49.4 Å². The Balaban J connectivity index is 1.29. The van der Waals surface area contributed by atoms with Crippen LogP contribution in [-0.2, 0) is 4.79 Å². The number of hydrogen-bond acceptors (Lipinski definition) is 5. The van der Waals surface area contributed by atoms with Gasteiger partial charge in [0.15, 0.2) is 17.3 Å². The Morgan fingerprint density at radius 1 is 1.03 bits per heavy atom. The first-order chi connectivity index (χ1) is 15.9. The van der Waals surface area contributed by atoms with Gasteiger partial charge in [-0.2, -0.15) is 0 Å². The Hall–Kier alpha value is -2.93. The number of benzene rings is 2. The molecule has 1 atom stereocenters. The van der Waals surface area contributed by atoms with Crippen molar-refractivity contribution >= 4 is 11.7 Å². The van der Waals surface area contributed by atoms with Crippen molar-refractivity contribution in [2.75, 3.05) is 32.8 Å². The topological polar surface area (TPSA) is 67.9 Å². The number of halogens is 1. The molecule has 176 valence electrons. The van der Waals surface area contributed by atoms with Crippen molar-refractivity contribution in [2.24, 2.45) is 11.8 Å². The summed E-state index contributed by atoms with van der Waals surface area (Å²) in [6, 6.07) is 11.5. The van der Waals surface area contributed by atoms with Crippen LogP contribution < -0.4 is 14.8 Å². The number of nitrogens with one attached hydrogen (secondary N) is 1. The molecule has 2 aromatic carbocycles. The highest BCUT2D eigenvalue weighted by Crippen LogP contribution is 2.32. The van der Waals surface area contributed by atoms with Crippen LogP contribution >= 0.6 is 0 Å². The number of amides is 1. The van der Waals surface area contributed by atoms with Crippen molar-refractivity contribution in [3.05, 3.63) is 59.4 Å². The van der Waals surface area contributed by atoms with Gasteiger partial charge in [-0.15, -0.1) is 0 Å². The summed E-state index contributed by atoms with van der Waals surface area (Å²) in [5, 5.41) is 3.09. The number of rotatable bonds is 7. The van der Waals surface area contributed by atoms with E-state index in [1.165, 1.54) is 12.1 Å². The number of ether oxygens (including phenoxy) is 2. The second-order valence-electron chi connectivity index (χ2n) is 9.11. The average Bonchev–Trinajstić information content (AvgIpc) is 2.83. The third-order valence-electron chi connectivity index (χ3n) is 6.36. The number of likely N-dealkylation sites (tertiary alicyclic amines) is 1. The van der Waals surface area contributed by atoms with Gasteiger partial charge < -0.3 is 14.8 Å². The van der Waals surface area contributed by atoms with Crippen molar-refractivity contribution in [1.82, 2.24) is 10.2 Å². The fraction of sp³-hybridized carbons (Fsp3) is 0.462. The average molecular weight is 455 g/mol. The predicted octanol–water partition coefficient (Wildman–Crippen LogP) is 4.01. The Morgan fingerprint density at radius 2 is 1.70 bits per heavy atom. The summed E-state index contributed by atoms with van der Waals surface area (Å²) >= 11 is 0. The van der Waals surface area contributed by atoms with Crippen molar-refractivity contribution in [2.45, 2.75) is 32.7 Å². The first-order valence-electron chi connectivity index (χ1n) is 11.6. The molecule has 0 radical (unpaired) electrons. The monoisotopic (exact) mass is 454 g/mol. The van der Waals surface area contributed by atoms with Crippen LogP contribution in [0.3, 0.4) is 0 Å². The summed E-state index contributed by atoms with van der Waals surface area (Å²) in [6.07, 6.45) is 1.43. The van der Waals surface area contributed by atoms with E-state index in [9.17, 15) is 14.0 Å². The van der Waals surface area contributed by atoms with E-state index in [1.54, 1.807) is 30.3 Å². The van der Waals surface area contributed by atoms with Gasteiger partial charge in [0.2, 0.25) is 5.91 Å². The molecule has 1 amide bonds. The quantitative estimate of drug-likeness (QED) is 0.641. The van der Waals surface area contributed by atoms with Crippen LogP contribution in [0.2, 0.25) is 0 Å². The lowest BCUT2D eigenvalue weighted by molar-refractivity contribution is -0.123. The summed E-state index contributed by atoms with van der Waals surface area (Å²) in [6.45, 7) is 6.74. The van der Waals surface area contributed by atoms with Crippen LogP contribution in [0.1, 0.15) is 48.7 Å². The van der Waals surface area contributed by atoms with Gasteiger partial charge in [0.1, 0.15) is 19.0 Å². The highest BCUT2D eigenvalue weighted by Gasteiger charge is 2.28. The van der Waals surface area contributed by atoms with Crippen LogP contribution in [0.5, 0.6) is 11.5 Å². The molecule has 1 N–H and O–H groups in total. The summed E-state index contributed by atoms with van der Waals surface area (Å²) in [5.74, 6) is 1.19. The number of hydrogen-bond donors (Lipinski definition) is 1. The number of carbonyl (C=O) groups is 2. The molecule has 6 nitrogen and oxygen atoms in total. The van der Waals surface area contributed by atoms with Gasteiger partial charge in [-0.1, -0.05) is 26.0 Å². The van der Waals surface area contributed by atoms with E-state index in [0.717, 1.165) is 5.56 Å². The molecule has 2 aliphatic heterocycles. The first kappa shape index (κ1) is 23.2. The van der Waals surface area contributed by atoms with Crippen LogP contribution in [0.15, 0.2) is 42.5 Å². The second kappa shape index (κ2) is 10.3. The normalized spacial score (nSPS) is 17.6. The Kier molecular flexibility index (Phi) is 7.28. The Bertz CT molecular complexity index is 984. The molecule has 0 aromatic heterocycles. The molecule has 1 unspecified atom stereocenters. The first-order valence-corrected chi connectivity index (χ1v) is 11.6. The number of carbonyl (C=O) groups excluding carboxylic acids is 2. The lowest BCUT2D eigenvalue weighted by atomic mass is 9.88. The van der Waals surface area contributed by atoms with Crippen molar-refractivity contribution < 1.29 is 23.5 Å². The van der Waals surface area contributed by atoms with E-state index in [-0.39, 0.29) is 41.9 Å². The molecule has 7 heteroatoms. The van der Waals surface area contributed by atoms with E-state index in [1.807, 2.05) is 13.8 Å². The standard InChI is InChI=1S/C26H31FN2O4/c1-17(2)25(18-3-6-21(27)7-4-18)28-24(30)16-29-11-9-19(10-12-29)26(31)20-5-8-22-23(15-20)33-14-13-32-22/h3-8,15,17,19,25H,9-14,16H2,1-2H3,(H,28,30). The zero-order valence-corrected chi connectivity index (χ0v) is 19.2. The minimum atomic E-state index is -0.291. The van der Waals surface area contributed by atoms with Gasteiger partial charge in [0, 0.05) is 11.5 Å². The maximum Gasteiger partial charge on any atom is 0.234 e. The molecule has 0 bridgehead atoms. The molecule has 0 saturated carbocycles. The van der Waals surface area contributed by atoms with E-state index < -0.39 is 0 Å². The molecule has 33 heavy (non-hydrogen) atoms. The smallest absolute Gasteiger partial charge is 0.234 e. The van der Waals surface area contributed by atoms with E-state index >= 15 is 0 Å². The Morgan fingerprint density at radius 3 is 2.36 bits per heavy atom. The molecule has 1 saturated heterocycles. The fourth-order valence-electron chi connectivity index (χ4n) is 4.51. The van der Waals surface area contributed by atoms with Gasteiger partial charge in [-0.3, -0.25) is 14.5 Å². The van der Waals surface area contributed by atoms with Crippen molar-refractivity contribution in [3.63, 3.8) is 0 Å². The predicted molar refractivity (Wildman–Crippen MR) is 123 cm³/mol. The summed E-state index contributed by atoms with van der Waals surface area (Å²) in [7, 11) is 0. The number of piperidine rings is 1. The van der Waals surface area contributed by atoms with Crippen molar-refractivity contribution in [3.8, 4) is 11.5 Å². The zero-order chi connectivity index (χ0) is 23.4. The zero-order valence-electron chi connectivity index (χ0n) is 19.2. The summed E-state index contributed by atoms with van der Waals surface area (Å²) < 4.78 is 24.4. The van der Waals surface area contributed by atoms with Gasteiger partial charge in [0.25, 0.3) is 0 Å². The molecule has 1 fully saturated rings. The van der Waals surface area contributed by atoms with Crippen LogP contribution in [0.4, 0.5) is 4.39 Å². The molecule has 4 rings (SSSR count). The van der Waals surface area contributed by atoms with Crippen LogP contribution in [0, 0.1) is 17.7 Å². The number of fused-ring (bicyclic) bond motifs is 1. The second-order valence-corrected chi connectivity index (χ2v) is 9.11. The van der Waals surface area contributed by atoms with Gasteiger partial charge in [-0.05, 0) is 67.7 Å². The van der Waals surface area contributed by atoms with E-state index in [2.05, 4.69) is 10.2 Å². The summed E-state index contributed by atoms with van der Waals surface area (Å²) in [5.41, 5.74) is 1.54. The minimum Gasteiger partial charge on any atom is -0.486 e. The lowest BCUT2D eigenvalue weighted by Gasteiger charge is -2.32. The highest BCUT2D eigenvalue weighted by molar-refractivity contribution is 5.98. The van der Waals surface area contributed by atoms with Gasteiger partial charge in [0.05, 0.1) is 12.6 Å². The number of Topliss-reactive ketones (excluding diaryl/α,β-unsaturated/α-hetero) is 1. The molecule has 2 aromatic rings. The van der Waals surface area contributed by atoms with Crippen LogP contribution in [0.25, 0.3) is 0 Å². The SMILES string of the molecule is CC(C)C(NC(=O)CN1CCC(C(=O)c2ccc3c(c2)OCCO3)CC1)c1ccc(F)cc1. The molecule has 2 aliphatic rings.